The van der Waals surface area contributed by atoms with E-state index in [-0.39, 0.29) is 11.8 Å². The molecular formula is C38H43N5O5. The third kappa shape index (κ3) is 6.56. The highest BCUT2D eigenvalue weighted by Crippen LogP contribution is 2.35. The van der Waals surface area contributed by atoms with Gasteiger partial charge in [-0.05, 0) is 59.7 Å². The second kappa shape index (κ2) is 14.2. The van der Waals surface area contributed by atoms with Gasteiger partial charge in [-0.1, -0.05) is 30.3 Å². The fourth-order valence-corrected chi connectivity index (χ4v) is 6.98. The van der Waals surface area contributed by atoms with Gasteiger partial charge in [0, 0.05) is 74.9 Å². The van der Waals surface area contributed by atoms with E-state index in [2.05, 4.69) is 14.4 Å². The first-order valence-corrected chi connectivity index (χ1v) is 16.7. The lowest BCUT2D eigenvalue weighted by molar-refractivity contribution is 0.0292. The van der Waals surface area contributed by atoms with Crippen LogP contribution >= 0.6 is 0 Å². The average molecular weight is 650 g/mol. The molecule has 0 saturated carbocycles. The summed E-state index contributed by atoms with van der Waals surface area (Å²) in [4.78, 5) is 36.9. The first-order valence-electron chi connectivity index (χ1n) is 16.7. The molecule has 4 aromatic rings. The van der Waals surface area contributed by atoms with Crippen LogP contribution in [0.4, 0.5) is 5.69 Å². The van der Waals surface area contributed by atoms with Crippen LogP contribution < -0.4 is 14.4 Å². The minimum absolute atomic E-state index is 0.0456. The van der Waals surface area contributed by atoms with E-state index >= 15 is 0 Å². The molecule has 3 aromatic carbocycles. The average Bonchev–Trinajstić information content (AvgIpc) is 3.46. The minimum atomic E-state index is -0.131. The maximum Gasteiger partial charge on any atom is 0.270 e. The van der Waals surface area contributed by atoms with Crippen LogP contribution in [-0.4, -0.2) is 111 Å². The number of anilines is 1. The summed E-state index contributed by atoms with van der Waals surface area (Å²) in [5.41, 5.74) is 5.76. The summed E-state index contributed by atoms with van der Waals surface area (Å²) in [5, 5.41) is 0. The van der Waals surface area contributed by atoms with Crippen LogP contribution in [0, 0.1) is 0 Å². The number of rotatable bonds is 8. The number of hydrogen-bond acceptors (Lipinski definition) is 7. The minimum Gasteiger partial charge on any atom is -0.497 e. The number of fused-ring (bicyclic) bond motifs is 2. The Morgan fingerprint density at radius 3 is 2.27 bits per heavy atom. The highest BCUT2D eigenvalue weighted by molar-refractivity contribution is 6.07. The van der Waals surface area contributed by atoms with Crippen LogP contribution in [-0.2, 0) is 17.8 Å². The second-order valence-corrected chi connectivity index (χ2v) is 12.6. The number of carbonyl (C=O) groups is 2. The van der Waals surface area contributed by atoms with Gasteiger partial charge in [-0.3, -0.25) is 19.4 Å². The number of methoxy groups -OCH3 is 2. The normalized spacial score (nSPS) is 17.0. The molecule has 7 rings (SSSR count). The van der Waals surface area contributed by atoms with Crippen LogP contribution in [0.5, 0.6) is 11.5 Å². The number of aromatic nitrogens is 1. The van der Waals surface area contributed by atoms with Crippen molar-refractivity contribution in [3.8, 4) is 22.6 Å². The Balaban J connectivity index is 1.09. The molecule has 0 radical (unpaired) electrons. The van der Waals surface area contributed by atoms with Crippen molar-refractivity contribution in [1.82, 2.24) is 19.3 Å². The highest BCUT2D eigenvalue weighted by Gasteiger charge is 2.30. The molecule has 0 spiro atoms. The molecule has 0 atom stereocenters. The number of piperazine rings is 1. The lowest BCUT2D eigenvalue weighted by atomic mass is 10.0. The van der Waals surface area contributed by atoms with Gasteiger partial charge in [0.2, 0.25) is 0 Å². The Bertz CT molecular complexity index is 1770. The Labute approximate surface area is 282 Å². The molecule has 3 aliphatic rings. The van der Waals surface area contributed by atoms with Crippen molar-refractivity contribution in [1.29, 1.82) is 0 Å². The molecular weight excluding hydrogens is 606 g/mol. The summed E-state index contributed by atoms with van der Waals surface area (Å²) < 4.78 is 18.7. The van der Waals surface area contributed by atoms with Crippen molar-refractivity contribution >= 4 is 17.5 Å². The van der Waals surface area contributed by atoms with E-state index in [0.29, 0.717) is 43.2 Å². The zero-order valence-corrected chi connectivity index (χ0v) is 27.8. The molecule has 4 heterocycles. The summed E-state index contributed by atoms with van der Waals surface area (Å²) in [5.74, 6) is 1.27. The molecule has 0 unspecified atom stereocenters. The van der Waals surface area contributed by atoms with E-state index in [0.717, 1.165) is 86.3 Å². The maximum absolute atomic E-state index is 14.3. The van der Waals surface area contributed by atoms with Crippen LogP contribution in [0.1, 0.15) is 32.1 Å². The largest absolute Gasteiger partial charge is 0.497 e. The molecule has 1 aromatic heterocycles. The molecule has 0 aliphatic carbocycles. The van der Waals surface area contributed by atoms with Gasteiger partial charge in [0.25, 0.3) is 11.8 Å². The van der Waals surface area contributed by atoms with E-state index in [4.69, 9.17) is 14.2 Å². The van der Waals surface area contributed by atoms with E-state index < -0.39 is 0 Å². The lowest BCUT2D eigenvalue weighted by Gasteiger charge is -2.36. The molecule has 2 amide bonds. The van der Waals surface area contributed by atoms with Crippen molar-refractivity contribution in [3.63, 3.8) is 0 Å². The molecule has 10 heteroatoms. The van der Waals surface area contributed by atoms with Crippen LogP contribution in [0.3, 0.4) is 0 Å². The fourth-order valence-electron chi connectivity index (χ4n) is 6.98. The zero-order valence-electron chi connectivity index (χ0n) is 27.8. The van der Waals surface area contributed by atoms with Crippen LogP contribution in [0.15, 0.2) is 78.9 Å². The Morgan fingerprint density at radius 1 is 0.729 bits per heavy atom. The Morgan fingerprint density at radius 2 is 1.50 bits per heavy atom. The van der Waals surface area contributed by atoms with Crippen molar-refractivity contribution < 1.29 is 23.8 Å². The van der Waals surface area contributed by atoms with Gasteiger partial charge < -0.3 is 28.6 Å². The van der Waals surface area contributed by atoms with Gasteiger partial charge in [0.1, 0.15) is 17.2 Å². The number of carbonyl (C=O) groups excluding carboxylic acids is 2. The quantitative estimate of drug-likeness (QED) is 0.279. The smallest absolute Gasteiger partial charge is 0.270 e. The zero-order chi connectivity index (χ0) is 33.0. The lowest BCUT2D eigenvalue weighted by Crippen LogP contribution is -2.51. The number of ether oxygens (including phenoxy) is 3. The van der Waals surface area contributed by atoms with Gasteiger partial charge in [-0.15, -0.1) is 0 Å². The number of amides is 2. The van der Waals surface area contributed by atoms with Crippen molar-refractivity contribution in [3.05, 3.63) is 101 Å². The van der Waals surface area contributed by atoms with E-state index in [1.807, 2.05) is 82.6 Å². The third-order valence-electron chi connectivity index (χ3n) is 9.79. The predicted molar refractivity (Wildman–Crippen MR) is 185 cm³/mol. The summed E-state index contributed by atoms with van der Waals surface area (Å²) in [6.45, 7) is 9.68. The fraction of sp³-hybridized carbons (Fsp3) is 0.368. The summed E-state index contributed by atoms with van der Waals surface area (Å²) >= 11 is 0. The van der Waals surface area contributed by atoms with Crippen molar-refractivity contribution in [2.24, 2.45) is 0 Å². The Kier molecular flexibility index (Phi) is 9.47. The van der Waals surface area contributed by atoms with Gasteiger partial charge in [0.15, 0.2) is 0 Å². The molecule has 48 heavy (non-hydrogen) atoms. The van der Waals surface area contributed by atoms with Gasteiger partial charge in [-0.25, -0.2) is 0 Å². The molecule has 2 fully saturated rings. The molecule has 0 bridgehead atoms. The molecule has 250 valence electrons. The predicted octanol–water partition coefficient (Wildman–Crippen LogP) is 4.47. The summed E-state index contributed by atoms with van der Waals surface area (Å²) in [6.07, 6.45) is 0. The molecule has 2 saturated heterocycles. The van der Waals surface area contributed by atoms with Crippen LogP contribution in [0.2, 0.25) is 0 Å². The summed E-state index contributed by atoms with van der Waals surface area (Å²) in [7, 11) is 3.26. The molecule has 10 nitrogen and oxygen atoms in total. The van der Waals surface area contributed by atoms with Crippen molar-refractivity contribution in [2.45, 2.75) is 13.1 Å². The number of hydrogen-bond donors (Lipinski definition) is 0. The topological polar surface area (TPSA) is 79.7 Å². The summed E-state index contributed by atoms with van der Waals surface area (Å²) in [6, 6.07) is 25.2. The van der Waals surface area contributed by atoms with E-state index in [1.54, 1.807) is 20.3 Å². The van der Waals surface area contributed by atoms with Gasteiger partial charge in [-0.2, -0.15) is 0 Å². The number of nitrogens with zero attached hydrogens (tertiary/aromatic N) is 5. The highest BCUT2D eigenvalue weighted by atomic mass is 16.5. The standard InChI is InChI=1S/C38H43N5O5/c1-46-32-8-5-7-28(24-32)33-12-10-29(25-36(33)47-2)37(44)43-27-31-11-13-35(42(31)26-30-6-3-4-9-34(30)43)38(45)41-18-16-39(17-19-41)14-15-40-20-22-48-23-21-40/h3-13,24-25H,14-23,26-27H2,1-2H3. The van der Waals surface area contributed by atoms with Gasteiger partial charge >= 0.3 is 0 Å². The monoisotopic (exact) mass is 649 g/mol. The SMILES string of the molecule is COc1cccc(-c2ccc(C(=O)N3Cc4ccc(C(=O)N5CCN(CCN6CCOCC6)CC5)n4Cc4ccccc43)cc2OC)c1. The third-order valence-corrected chi connectivity index (χ3v) is 9.79. The first-order chi connectivity index (χ1) is 23.5. The second-order valence-electron chi connectivity index (χ2n) is 12.6. The number of benzene rings is 3. The Hall–Kier alpha value is -4.64. The number of para-hydroxylation sites is 1. The van der Waals surface area contributed by atoms with E-state index in [9.17, 15) is 9.59 Å². The maximum atomic E-state index is 14.3. The first kappa shape index (κ1) is 31.9. The number of morpholine rings is 1. The molecule has 0 N–H and O–H groups in total. The van der Waals surface area contributed by atoms with Gasteiger partial charge in [0.05, 0.1) is 40.5 Å². The molecule has 3 aliphatic heterocycles. The van der Waals surface area contributed by atoms with Crippen LogP contribution in [0.25, 0.3) is 11.1 Å². The van der Waals surface area contributed by atoms with E-state index in [1.165, 1.54) is 0 Å². The van der Waals surface area contributed by atoms with Crippen molar-refractivity contribution in [2.75, 3.05) is 84.7 Å².